The summed E-state index contributed by atoms with van der Waals surface area (Å²) in [7, 11) is 3.60. The Morgan fingerprint density at radius 3 is 2.83 bits per heavy atom. The zero-order valence-corrected chi connectivity index (χ0v) is 18.4. The molecule has 1 atom stereocenters. The first-order valence-electron chi connectivity index (χ1n) is 10.9. The predicted molar refractivity (Wildman–Crippen MR) is 121 cm³/mol. The number of aromatic nitrogens is 1. The van der Waals surface area contributed by atoms with Gasteiger partial charge in [-0.1, -0.05) is 12.1 Å². The fraction of sp³-hybridized carbons (Fsp3) is 0.636. The van der Waals surface area contributed by atoms with Gasteiger partial charge in [0.05, 0.1) is 4.70 Å². The van der Waals surface area contributed by atoms with E-state index in [4.69, 9.17) is 4.37 Å². The lowest BCUT2D eigenvalue weighted by Gasteiger charge is -2.38. The van der Waals surface area contributed by atoms with Crippen molar-refractivity contribution in [3.63, 3.8) is 0 Å². The molecular formula is C22H33N5OS. The SMILES string of the molecule is CN(C)C(=O)NC1CCC(CCC2CNCCN2c2nsc3ccccc23)CC1. The maximum atomic E-state index is 11.9. The van der Waals surface area contributed by atoms with Crippen molar-refractivity contribution in [2.45, 2.75) is 50.6 Å². The molecule has 1 aromatic carbocycles. The molecule has 158 valence electrons. The largest absolute Gasteiger partial charge is 0.350 e. The molecule has 2 heterocycles. The Kier molecular flexibility index (Phi) is 6.55. The summed E-state index contributed by atoms with van der Waals surface area (Å²) < 4.78 is 6.09. The van der Waals surface area contributed by atoms with Crippen LogP contribution in [0.25, 0.3) is 10.1 Å². The third-order valence-electron chi connectivity index (χ3n) is 6.47. The van der Waals surface area contributed by atoms with Crippen LogP contribution in [0.1, 0.15) is 38.5 Å². The Balaban J connectivity index is 1.31. The Morgan fingerprint density at radius 1 is 1.24 bits per heavy atom. The molecule has 1 saturated carbocycles. The summed E-state index contributed by atoms with van der Waals surface area (Å²) in [6.07, 6.45) is 7.12. The minimum absolute atomic E-state index is 0.0351. The second-order valence-corrected chi connectivity index (χ2v) is 9.50. The van der Waals surface area contributed by atoms with Gasteiger partial charge >= 0.3 is 6.03 Å². The number of carbonyl (C=O) groups excluding carboxylic acids is 1. The first kappa shape index (κ1) is 20.4. The number of amides is 2. The lowest BCUT2D eigenvalue weighted by atomic mass is 9.82. The van der Waals surface area contributed by atoms with E-state index in [0.717, 1.165) is 38.4 Å². The second-order valence-electron chi connectivity index (χ2n) is 8.69. The van der Waals surface area contributed by atoms with Crippen molar-refractivity contribution in [3.05, 3.63) is 24.3 Å². The number of fused-ring (bicyclic) bond motifs is 1. The average molecular weight is 416 g/mol. The van der Waals surface area contributed by atoms with Crippen LogP contribution >= 0.6 is 11.5 Å². The Labute approximate surface area is 177 Å². The van der Waals surface area contributed by atoms with Crippen LogP contribution < -0.4 is 15.5 Å². The van der Waals surface area contributed by atoms with Gasteiger partial charge in [0.15, 0.2) is 5.82 Å². The van der Waals surface area contributed by atoms with Crippen molar-refractivity contribution in [2.75, 3.05) is 38.6 Å². The van der Waals surface area contributed by atoms with E-state index in [9.17, 15) is 4.79 Å². The maximum Gasteiger partial charge on any atom is 0.317 e. The Bertz CT molecular complexity index is 814. The van der Waals surface area contributed by atoms with Gasteiger partial charge in [-0.2, -0.15) is 4.37 Å². The molecule has 6 nitrogen and oxygen atoms in total. The lowest BCUT2D eigenvalue weighted by molar-refractivity contribution is 0.202. The third kappa shape index (κ3) is 4.83. The molecule has 2 N–H and O–H groups in total. The highest BCUT2D eigenvalue weighted by molar-refractivity contribution is 7.13. The zero-order valence-electron chi connectivity index (χ0n) is 17.6. The monoisotopic (exact) mass is 415 g/mol. The standard InChI is InChI=1S/C22H33N5OS/c1-26(2)22(28)24-17-10-7-16(8-11-17)9-12-18-15-23-13-14-27(18)21-19-5-3-4-6-20(19)29-25-21/h3-6,16-18,23H,7-15H2,1-2H3,(H,24,28). The molecule has 0 bridgehead atoms. The van der Waals surface area contributed by atoms with Crippen LogP contribution in [0.15, 0.2) is 24.3 Å². The van der Waals surface area contributed by atoms with Gasteiger partial charge in [-0.05, 0) is 68.1 Å². The fourth-order valence-corrected chi connectivity index (χ4v) is 5.49. The normalized spacial score (nSPS) is 25.2. The highest BCUT2D eigenvalue weighted by Gasteiger charge is 2.28. The van der Waals surface area contributed by atoms with Gasteiger partial charge in [-0.15, -0.1) is 0 Å². The molecule has 2 fully saturated rings. The van der Waals surface area contributed by atoms with E-state index >= 15 is 0 Å². The molecule has 7 heteroatoms. The summed E-state index contributed by atoms with van der Waals surface area (Å²) in [6, 6.07) is 9.48. The number of nitrogens with zero attached hydrogens (tertiary/aromatic N) is 3. The van der Waals surface area contributed by atoms with Crippen molar-refractivity contribution >= 4 is 33.5 Å². The lowest BCUT2D eigenvalue weighted by Crippen LogP contribution is -2.51. The van der Waals surface area contributed by atoms with Crippen molar-refractivity contribution in [2.24, 2.45) is 5.92 Å². The molecule has 1 saturated heterocycles. The van der Waals surface area contributed by atoms with Crippen LogP contribution in [-0.2, 0) is 0 Å². The molecule has 4 rings (SSSR count). The molecule has 2 aliphatic rings. The Morgan fingerprint density at radius 2 is 2.03 bits per heavy atom. The number of rotatable bonds is 5. The molecule has 2 amide bonds. The number of benzene rings is 1. The van der Waals surface area contributed by atoms with Gasteiger partial charge in [0, 0.05) is 51.2 Å². The van der Waals surface area contributed by atoms with E-state index < -0.39 is 0 Å². The van der Waals surface area contributed by atoms with Gasteiger partial charge < -0.3 is 20.4 Å². The number of hydrogen-bond acceptors (Lipinski definition) is 5. The number of piperazine rings is 1. The first-order valence-corrected chi connectivity index (χ1v) is 11.7. The third-order valence-corrected chi connectivity index (χ3v) is 7.29. The van der Waals surface area contributed by atoms with E-state index in [1.54, 1.807) is 30.5 Å². The molecule has 0 spiro atoms. The van der Waals surface area contributed by atoms with E-state index in [2.05, 4.69) is 39.8 Å². The molecular weight excluding hydrogens is 382 g/mol. The van der Waals surface area contributed by atoms with E-state index in [1.807, 2.05) is 0 Å². The van der Waals surface area contributed by atoms with Crippen LogP contribution in [0.2, 0.25) is 0 Å². The first-order chi connectivity index (χ1) is 14.1. The highest BCUT2D eigenvalue weighted by Crippen LogP contribution is 2.33. The molecule has 1 aliphatic heterocycles. The van der Waals surface area contributed by atoms with Crippen molar-refractivity contribution < 1.29 is 4.79 Å². The van der Waals surface area contributed by atoms with Crippen molar-refractivity contribution in [1.29, 1.82) is 0 Å². The minimum Gasteiger partial charge on any atom is -0.350 e. The minimum atomic E-state index is 0.0351. The second kappa shape index (κ2) is 9.30. The predicted octanol–water partition coefficient (Wildman–Crippen LogP) is 3.68. The number of carbonyl (C=O) groups is 1. The Hall–Kier alpha value is -1.86. The van der Waals surface area contributed by atoms with E-state index in [0.29, 0.717) is 12.1 Å². The number of urea groups is 1. The van der Waals surface area contributed by atoms with Crippen LogP contribution in [0.5, 0.6) is 0 Å². The maximum absolute atomic E-state index is 11.9. The van der Waals surface area contributed by atoms with Crippen LogP contribution in [0.4, 0.5) is 10.6 Å². The van der Waals surface area contributed by atoms with Gasteiger partial charge in [-0.3, -0.25) is 0 Å². The summed E-state index contributed by atoms with van der Waals surface area (Å²) in [4.78, 5) is 16.0. The highest BCUT2D eigenvalue weighted by atomic mass is 32.1. The van der Waals surface area contributed by atoms with E-state index in [1.165, 1.54) is 41.6 Å². The smallest absolute Gasteiger partial charge is 0.317 e. The van der Waals surface area contributed by atoms with Gasteiger partial charge in [0.25, 0.3) is 0 Å². The molecule has 29 heavy (non-hydrogen) atoms. The number of anilines is 1. The van der Waals surface area contributed by atoms with Gasteiger partial charge in [0.2, 0.25) is 0 Å². The van der Waals surface area contributed by atoms with Crippen LogP contribution in [-0.4, -0.2) is 61.1 Å². The zero-order chi connectivity index (χ0) is 20.2. The summed E-state index contributed by atoms with van der Waals surface area (Å²) in [5.41, 5.74) is 0. The van der Waals surface area contributed by atoms with Gasteiger partial charge in [-0.25, -0.2) is 4.79 Å². The summed E-state index contributed by atoms with van der Waals surface area (Å²) in [5, 5.41) is 8.03. The average Bonchev–Trinajstić information content (AvgIpc) is 3.17. The number of hydrogen-bond donors (Lipinski definition) is 2. The topological polar surface area (TPSA) is 60.5 Å². The molecule has 1 unspecified atom stereocenters. The van der Waals surface area contributed by atoms with Crippen LogP contribution in [0.3, 0.4) is 0 Å². The molecule has 2 aromatic rings. The van der Waals surface area contributed by atoms with Crippen molar-refractivity contribution in [1.82, 2.24) is 19.9 Å². The quantitative estimate of drug-likeness (QED) is 0.782. The number of nitrogens with one attached hydrogen (secondary N) is 2. The van der Waals surface area contributed by atoms with Crippen LogP contribution in [0, 0.1) is 5.92 Å². The molecule has 0 radical (unpaired) electrons. The van der Waals surface area contributed by atoms with Crippen molar-refractivity contribution in [3.8, 4) is 0 Å². The molecule has 1 aromatic heterocycles. The summed E-state index contributed by atoms with van der Waals surface area (Å²) in [5.74, 6) is 1.95. The molecule has 1 aliphatic carbocycles. The van der Waals surface area contributed by atoms with Gasteiger partial charge in [0.1, 0.15) is 0 Å². The fourth-order valence-electron chi connectivity index (χ4n) is 4.70. The summed E-state index contributed by atoms with van der Waals surface area (Å²) >= 11 is 1.61. The van der Waals surface area contributed by atoms with E-state index in [-0.39, 0.29) is 6.03 Å². The summed E-state index contributed by atoms with van der Waals surface area (Å²) in [6.45, 7) is 3.10.